The largest absolute Gasteiger partial charge is 0.456 e. The lowest BCUT2D eigenvalue weighted by atomic mass is 10.1. The van der Waals surface area contributed by atoms with E-state index in [1.165, 1.54) is 25.7 Å². The van der Waals surface area contributed by atoms with Gasteiger partial charge in [0, 0.05) is 13.1 Å². The van der Waals surface area contributed by atoms with Crippen molar-refractivity contribution in [3.05, 3.63) is 71.8 Å². The van der Waals surface area contributed by atoms with Crippen molar-refractivity contribution in [2.24, 2.45) is 0 Å². The highest BCUT2D eigenvalue weighted by atomic mass is 16.6. The molecule has 0 amide bonds. The Kier molecular flexibility index (Phi) is 9.11. The first-order chi connectivity index (χ1) is 16.7. The number of hydrogen-bond acceptors (Lipinski definition) is 6. The fourth-order valence-electron chi connectivity index (χ4n) is 4.80. The van der Waals surface area contributed by atoms with Gasteiger partial charge in [0.15, 0.2) is 0 Å². The van der Waals surface area contributed by atoms with Crippen molar-refractivity contribution in [2.45, 2.75) is 50.7 Å². The molecule has 6 nitrogen and oxygen atoms in total. The van der Waals surface area contributed by atoms with Gasteiger partial charge in [-0.25, -0.2) is 0 Å². The monoisotopic (exact) mass is 464 g/mol. The predicted octanol–water partition coefficient (Wildman–Crippen LogP) is 4.53. The minimum absolute atomic E-state index is 0.0212. The molecule has 2 aromatic carbocycles. The van der Waals surface area contributed by atoms with Crippen molar-refractivity contribution >= 4 is 11.9 Å². The van der Waals surface area contributed by atoms with E-state index >= 15 is 0 Å². The molecule has 2 aliphatic rings. The standard InChI is InChI=1S/C28H36N2O4/c31-27(33-25(21-29-17-7-8-18-29)23-11-3-1-4-12-23)15-16-28(32)34-26(22-30-19-9-10-20-30)24-13-5-2-6-14-24/h1-6,11-14,25-26H,7-10,15-22H2. The lowest BCUT2D eigenvalue weighted by Gasteiger charge is -2.25. The van der Waals surface area contributed by atoms with Gasteiger partial charge in [-0.2, -0.15) is 0 Å². The summed E-state index contributed by atoms with van der Waals surface area (Å²) in [6.45, 7) is 5.50. The van der Waals surface area contributed by atoms with Crippen LogP contribution in [0.4, 0.5) is 0 Å². The van der Waals surface area contributed by atoms with Crippen molar-refractivity contribution in [2.75, 3.05) is 39.3 Å². The Morgan fingerprint density at radius 1 is 0.618 bits per heavy atom. The molecule has 2 heterocycles. The molecule has 182 valence electrons. The summed E-state index contributed by atoms with van der Waals surface area (Å²) in [5.41, 5.74) is 1.97. The van der Waals surface area contributed by atoms with Crippen LogP contribution < -0.4 is 0 Å². The number of rotatable bonds is 11. The zero-order chi connectivity index (χ0) is 23.6. The maximum absolute atomic E-state index is 12.7. The summed E-state index contributed by atoms with van der Waals surface area (Å²) >= 11 is 0. The van der Waals surface area contributed by atoms with Crippen molar-refractivity contribution in [1.82, 2.24) is 9.80 Å². The summed E-state index contributed by atoms with van der Waals surface area (Å²) in [6, 6.07) is 19.7. The second-order valence-corrected chi connectivity index (χ2v) is 9.29. The van der Waals surface area contributed by atoms with Crippen LogP contribution in [0.25, 0.3) is 0 Å². The van der Waals surface area contributed by atoms with E-state index in [1.807, 2.05) is 60.7 Å². The van der Waals surface area contributed by atoms with Gasteiger partial charge in [0.1, 0.15) is 12.2 Å². The second-order valence-electron chi connectivity index (χ2n) is 9.29. The van der Waals surface area contributed by atoms with Gasteiger partial charge >= 0.3 is 11.9 Å². The molecule has 0 aromatic heterocycles. The average molecular weight is 465 g/mol. The van der Waals surface area contributed by atoms with Gasteiger partial charge in [-0.1, -0.05) is 60.7 Å². The van der Waals surface area contributed by atoms with E-state index in [9.17, 15) is 9.59 Å². The molecule has 0 spiro atoms. The van der Waals surface area contributed by atoms with Gasteiger partial charge in [-0.15, -0.1) is 0 Å². The van der Waals surface area contributed by atoms with Crippen LogP contribution in [0, 0.1) is 0 Å². The van der Waals surface area contributed by atoms with Gasteiger partial charge in [-0.3, -0.25) is 19.4 Å². The van der Waals surface area contributed by atoms with E-state index in [0.29, 0.717) is 13.1 Å². The fraction of sp³-hybridized carbons (Fsp3) is 0.500. The maximum Gasteiger partial charge on any atom is 0.307 e. The Morgan fingerprint density at radius 2 is 0.971 bits per heavy atom. The molecular formula is C28H36N2O4. The summed E-state index contributed by atoms with van der Waals surface area (Å²) in [5, 5.41) is 0. The van der Waals surface area contributed by atoms with Crippen LogP contribution in [0.1, 0.15) is 61.9 Å². The number of likely N-dealkylation sites (tertiary alicyclic amines) is 2. The van der Waals surface area contributed by atoms with Gasteiger partial charge in [0.25, 0.3) is 0 Å². The number of nitrogens with zero attached hydrogens (tertiary/aromatic N) is 2. The Balaban J connectivity index is 1.30. The minimum atomic E-state index is -0.360. The average Bonchev–Trinajstić information content (AvgIpc) is 3.58. The van der Waals surface area contributed by atoms with Gasteiger partial charge in [0.2, 0.25) is 0 Å². The molecule has 6 heteroatoms. The van der Waals surface area contributed by atoms with E-state index in [2.05, 4.69) is 9.80 Å². The maximum atomic E-state index is 12.7. The van der Waals surface area contributed by atoms with Crippen LogP contribution in [-0.4, -0.2) is 61.0 Å². The molecule has 2 aliphatic heterocycles. The van der Waals surface area contributed by atoms with Gasteiger partial charge in [0.05, 0.1) is 12.8 Å². The number of benzene rings is 2. The highest BCUT2D eigenvalue weighted by molar-refractivity contribution is 5.78. The topological polar surface area (TPSA) is 59.1 Å². The van der Waals surface area contributed by atoms with E-state index in [1.54, 1.807) is 0 Å². The molecule has 2 atom stereocenters. The van der Waals surface area contributed by atoms with Crippen molar-refractivity contribution in [3.63, 3.8) is 0 Å². The normalized spacial score (nSPS) is 18.5. The Labute approximate surface area is 202 Å². The van der Waals surface area contributed by atoms with E-state index in [-0.39, 0.29) is 37.0 Å². The summed E-state index contributed by atoms with van der Waals surface area (Å²) in [6.07, 6.45) is 4.12. The minimum Gasteiger partial charge on any atom is -0.456 e. The van der Waals surface area contributed by atoms with Gasteiger partial charge in [-0.05, 0) is 63.0 Å². The lowest BCUT2D eigenvalue weighted by Crippen LogP contribution is -2.29. The predicted molar refractivity (Wildman–Crippen MR) is 131 cm³/mol. The summed E-state index contributed by atoms with van der Waals surface area (Å²) in [5.74, 6) is -0.721. The SMILES string of the molecule is O=C(CCC(=O)OC(CN1CCCC1)c1ccccc1)OC(CN1CCCC1)c1ccccc1. The molecule has 2 saturated heterocycles. The Bertz CT molecular complexity index is 818. The van der Waals surface area contributed by atoms with E-state index in [0.717, 1.165) is 37.3 Å². The highest BCUT2D eigenvalue weighted by Crippen LogP contribution is 2.24. The van der Waals surface area contributed by atoms with Crippen LogP contribution in [-0.2, 0) is 19.1 Å². The van der Waals surface area contributed by atoms with Crippen LogP contribution in [0.15, 0.2) is 60.7 Å². The molecule has 2 unspecified atom stereocenters. The third-order valence-electron chi connectivity index (χ3n) is 6.67. The summed E-state index contributed by atoms with van der Waals surface area (Å²) in [7, 11) is 0. The number of esters is 2. The fourth-order valence-corrected chi connectivity index (χ4v) is 4.80. The molecule has 34 heavy (non-hydrogen) atoms. The molecular weight excluding hydrogens is 428 g/mol. The molecule has 4 rings (SSSR count). The molecule has 0 radical (unpaired) electrons. The summed E-state index contributed by atoms with van der Waals surface area (Å²) in [4.78, 5) is 30.0. The number of ether oxygens (including phenoxy) is 2. The summed E-state index contributed by atoms with van der Waals surface area (Å²) < 4.78 is 11.7. The van der Waals surface area contributed by atoms with Crippen molar-refractivity contribution in [1.29, 1.82) is 0 Å². The first kappa shape index (κ1) is 24.4. The highest BCUT2D eigenvalue weighted by Gasteiger charge is 2.25. The zero-order valence-electron chi connectivity index (χ0n) is 19.9. The van der Waals surface area contributed by atoms with Crippen molar-refractivity contribution < 1.29 is 19.1 Å². The van der Waals surface area contributed by atoms with Gasteiger partial charge < -0.3 is 9.47 Å². The first-order valence-electron chi connectivity index (χ1n) is 12.6. The van der Waals surface area contributed by atoms with Crippen molar-refractivity contribution in [3.8, 4) is 0 Å². The third kappa shape index (κ3) is 7.40. The zero-order valence-corrected chi connectivity index (χ0v) is 19.9. The smallest absolute Gasteiger partial charge is 0.307 e. The van der Waals surface area contributed by atoms with E-state index in [4.69, 9.17) is 9.47 Å². The second kappa shape index (κ2) is 12.7. The van der Waals surface area contributed by atoms with Crippen LogP contribution in [0.3, 0.4) is 0 Å². The molecule has 2 aromatic rings. The molecule has 0 N–H and O–H groups in total. The van der Waals surface area contributed by atoms with Crippen LogP contribution in [0.5, 0.6) is 0 Å². The number of carbonyl (C=O) groups excluding carboxylic acids is 2. The lowest BCUT2D eigenvalue weighted by molar-refractivity contribution is -0.157. The molecule has 0 aliphatic carbocycles. The Hall–Kier alpha value is -2.70. The van der Waals surface area contributed by atoms with E-state index < -0.39 is 0 Å². The molecule has 0 bridgehead atoms. The van der Waals surface area contributed by atoms with Crippen LogP contribution >= 0.6 is 0 Å². The van der Waals surface area contributed by atoms with Crippen LogP contribution in [0.2, 0.25) is 0 Å². The number of carbonyl (C=O) groups is 2. The molecule has 2 fully saturated rings. The first-order valence-corrected chi connectivity index (χ1v) is 12.6. The molecule has 0 saturated carbocycles. The quantitative estimate of drug-likeness (QED) is 0.456. The number of hydrogen-bond donors (Lipinski definition) is 0. The Morgan fingerprint density at radius 3 is 1.32 bits per heavy atom. The third-order valence-corrected chi connectivity index (χ3v) is 6.67.